The van der Waals surface area contributed by atoms with Gasteiger partial charge in [-0.2, -0.15) is 8.78 Å². The molecule has 0 unspecified atom stereocenters. The van der Waals surface area contributed by atoms with E-state index in [2.05, 4.69) is 17.4 Å². The lowest BCUT2D eigenvalue weighted by molar-refractivity contribution is -0.116. The van der Waals surface area contributed by atoms with Crippen LogP contribution in [0.1, 0.15) is 5.56 Å². The van der Waals surface area contributed by atoms with Gasteiger partial charge in [-0.05, 0) is 17.7 Å². The molecule has 0 atom stereocenters. The number of thiol groups is 1. The van der Waals surface area contributed by atoms with Crippen molar-refractivity contribution in [3.63, 3.8) is 0 Å². The van der Waals surface area contributed by atoms with E-state index in [1.807, 2.05) is 0 Å². The van der Waals surface area contributed by atoms with Gasteiger partial charge in [0.2, 0.25) is 0 Å². The summed E-state index contributed by atoms with van der Waals surface area (Å²) in [7, 11) is 0. The van der Waals surface area contributed by atoms with Crippen LogP contribution >= 0.6 is 24.2 Å². The number of carbonyl (C=O) groups excluding carboxylic acids is 1. The molecule has 1 aromatic rings. The SMILES string of the molecule is O=C(CCl)Cc1ccc(OC(F)F)cc1S. The maximum absolute atomic E-state index is 11.9. The number of rotatable bonds is 5. The third-order valence-corrected chi connectivity index (χ3v) is 2.53. The van der Waals surface area contributed by atoms with Gasteiger partial charge in [0.05, 0.1) is 5.88 Å². The highest BCUT2D eigenvalue weighted by Crippen LogP contribution is 2.23. The monoisotopic (exact) mass is 266 g/mol. The highest BCUT2D eigenvalue weighted by Gasteiger charge is 2.09. The van der Waals surface area contributed by atoms with E-state index in [0.29, 0.717) is 10.5 Å². The van der Waals surface area contributed by atoms with Crippen LogP contribution in [0.2, 0.25) is 0 Å². The number of alkyl halides is 3. The minimum Gasteiger partial charge on any atom is -0.435 e. The summed E-state index contributed by atoms with van der Waals surface area (Å²) in [6.07, 6.45) is 0.136. The predicted octanol–water partition coefficient (Wildman–Crippen LogP) is 2.93. The normalized spacial score (nSPS) is 10.6. The van der Waals surface area contributed by atoms with Crippen molar-refractivity contribution in [2.24, 2.45) is 0 Å². The Morgan fingerprint density at radius 3 is 2.69 bits per heavy atom. The van der Waals surface area contributed by atoms with Crippen molar-refractivity contribution in [3.05, 3.63) is 23.8 Å². The van der Waals surface area contributed by atoms with E-state index < -0.39 is 6.61 Å². The van der Waals surface area contributed by atoms with Crippen LogP contribution in [0, 0.1) is 0 Å². The van der Waals surface area contributed by atoms with E-state index in [9.17, 15) is 13.6 Å². The molecule has 0 aliphatic heterocycles. The third kappa shape index (κ3) is 3.98. The molecule has 1 rings (SSSR count). The Kier molecular flexibility index (Phi) is 5.02. The summed E-state index contributed by atoms with van der Waals surface area (Å²) >= 11 is 9.44. The number of ketones is 1. The Morgan fingerprint density at radius 1 is 1.50 bits per heavy atom. The van der Waals surface area contributed by atoms with Crippen LogP contribution < -0.4 is 4.74 Å². The standard InChI is InChI=1S/C10H9ClF2O2S/c11-5-7(14)3-6-1-2-8(4-9(6)16)15-10(12)13/h1-2,4,10,16H,3,5H2. The van der Waals surface area contributed by atoms with Crippen LogP contribution in [0.15, 0.2) is 23.1 Å². The van der Waals surface area contributed by atoms with Crippen molar-refractivity contribution < 1.29 is 18.3 Å². The molecule has 0 N–H and O–H groups in total. The van der Waals surface area contributed by atoms with Gasteiger partial charge < -0.3 is 4.74 Å². The summed E-state index contributed by atoms with van der Waals surface area (Å²) in [6, 6.07) is 4.22. The van der Waals surface area contributed by atoms with E-state index in [-0.39, 0.29) is 23.8 Å². The Bertz CT molecular complexity index is 385. The van der Waals surface area contributed by atoms with Crippen LogP contribution in [0.4, 0.5) is 8.78 Å². The molecule has 0 aliphatic carbocycles. The molecule has 0 fully saturated rings. The molecule has 0 heterocycles. The second-order valence-electron chi connectivity index (χ2n) is 3.02. The Hall–Kier alpha value is -0.810. The van der Waals surface area contributed by atoms with Gasteiger partial charge in [0.25, 0.3) is 0 Å². The first-order valence-electron chi connectivity index (χ1n) is 4.37. The molecule has 0 spiro atoms. The van der Waals surface area contributed by atoms with Crippen molar-refractivity contribution in [2.45, 2.75) is 17.9 Å². The zero-order chi connectivity index (χ0) is 12.1. The lowest BCUT2D eigenvalue weighted by Gasteiger charge is -2.08. The summed E-state index contributed by atoms with van der Waals surface area (Å²) in [5.74, 6) is -0.218. The smallest absolute Gasteiger partial charge is 0.387 e. The summed E-state index contributed by atoms with van der Waals surface area (Å²) in [6.45, 7) is -2.87. The van der Waals surface area contributed by atoms with Crippen molar-refractivity contribution in [2.75, 3.05) is 5.88 Å². The minimum absolute atomic E-state index is 0.0158. The van der Waals surface area contributed by atoms with Crippen molar-refractivity contribution in [1.82, 2.24) is 0 Å². The molecule has 16 heavy (non-hydrogen) atoms. The molecule has 0 aliphatic rings. The fourth-order valence-electron chi connectivity index (χ4n) is 1.13. The molecule has 2 nitrogen and oxygen atoms in total. The molecular formula is C10H9ClF2O2S. The van der Waals surface area contributed by atoms with Gasteiger partial charge in [0.1, 0.15) is 5.75 Å². The fourth-order valence-corrected chi connectivity index (χ4v) is 1.50. The number of hydrogen-bond donors (Lipinski definition) is 1. The number of benzene rings is 1. The summed E-state index contributed by atoms with van der Waals surface area (Å²) < 4.78 is 28.0. The molecule has 0 aromatic heterocycles. The average Bonchev–Trinajstić information content (AvgIpc) is 2.21. The van der Waals surface area contributed by atoms with Crippen molar-refractivity contribution in [3.8, 4) is 5.75 Å². The first-order chi connectivity index (χ1) is 7.52. The van der Waals surface area contributed by atoms with Gasteiger partial charge in [0.15, 0.2) is 5.78 Å². The molecule has 0 saturated carbocycles. The Balaban J connectivity index is 2.79. The average molecular weight is 267 g/mol. The van der Waals surface area contributed by atoms with E-state index in [1.54, 1.807) is 0 Å². The van der Waals surface area contributed by atoms with Crippen LogP contribution in [-0.2, 0) is 11.2 Å². The molecule has 1 aromatic carbocycles. The minimum atomic E-state index is -2.87. The van der Waals surface area contributed by atoms with Gasteiger partial charge in [0, 0.05) is 11.3 Å². The number of ether oxygens (including phenoxy) is 1. The van der Waals surface area contributed by atoms with Crippen LogP contribution in [-0.4, -0.2) is 18.3 Å². The molecule has 6 heteroatoms. The Labute approximate surface area is 102 Å². The third-order valence-electron chi connectivity index (χ3n) is 1.82. The second-order valence-corrected chi connectivity index (χ2v) is 3.77. The predicted molar refractivity (Wildman–Crippen MR) is 59.8 cm³/mol. The molecule has 0 amide bonds. The summed E-state index contributed by atoms with van der Waals surface area (Å²) in [5, 5.41) is 0. The topological polar surface area (TPSA) is 26.3 Å². The zero-order valence-electron chi connectivity index (χ0n) is 8.12. The highest BCUT2D eigenvalue weighted by atomic mass is 35.5. The van der Waals surface area contributed by atoms with Crippen molar-refractivity contribution >= 4 is 30.0 Å². The fraction of sp³-hybridized carbons (Fsp3) is 0.300. The number of carbonyl (C=O) groups is 1. The largest absolute Gasteiger partial charge is 0.435 e. The molecule has 0 bridgehead atoms. The van der Waals surface area contributed by atoms with Gasteiger partial charge in [-0.25, -0.2) is 0 Å². The summed E-state index contributed by atoms with van der Waals surface area (Å²) in [4.78, 5) is 11.5. The van der Waals surface area contributed by atoms with Gasteiger partial charge in [-0.3, -0.25) is 4.79 Å². The van der Waals surface area contributed by atoms with E-state index in [4.69, 9.17) is 11.6 Å². The summed E-state index contributed by atoms with van der Waals surface area (Å²) in [5.41, 5.74) is 0.635. The van der Waals surface area contributed by atoms with Gasteiger partial charge >= 0.3 is 6.61 Å². The maximum Gasteiger partial charge on any atom is 0.387 e. The number of Topliss-reactive ketones (excluding diaryl/α,β-unsaturated/α-hetero) is 1. The van der Waals surface area contributed by atoms with E-state index >= 15 is 0 Å². The van der Waals surface area contributed by atoms with Gasteiger partial charge in [-0.15, -0.1) is 24.2 Å². The quantitative estimate of drug-likeness (QED) is 0.655. The van der Waals surface area contributed by atoms with E-state index in [1.165, 1.54) is 18.2 Å². The number of halogens is 3. The molecule has 88 valence electrons. The van der Waals surface area contributed by atoms with Gasteiger partial charge in [-0.1, -0.05) is 6.07 Å². The lowest BCUT2D eigenvalue weighted by Crippen LogP contribution is -2.05. The lowest BCUT2D eigenvalue weighted by atomic mass is 10.1. The second kappa shape index (κ2) is 6.06. The first kappa shape index (κ1) is 13.3. The first-order valence-corrected chi connectivity index (χ1v) is 5.35. The van der Waals surface area contributed by atoms with E-state index in [0.717, 1.165) is 0 Å². The van der Waals surface area contributed by atoms with Crippen LogP contribution in [0.5, 0.6) is 5.75 Å². The molecule has 0 saturated heterocycles. The Morgan fingerprint density at radius 2 is 2.19 bits per heavy atom. The number of hydrogen-bond acceptors (Lipinski definition) is 3. The molecular weight excluding hydrogens is 258 g/mol. The van der Waals surface area contributed by atoms with Crippen LogP contribution in [0.3, 0.4) is 0 Å². The molecule has 0 radical (unpaired) electrons. The zero-order valence-corrected chi connectivity index (χ0v) is 9.77. The highest BCUT2D eigenvalue weighted by molar-refractivity contribution is 7.80. The van der Waals surface area contributed by atoms with Crippen LogP contribution in [0.25, 0.3) is 0 Å². The van der Waals surface area contributed by atoms with Crippen molar-refractivity contribution in [1.29, 1.82) is 0 Å². The maximum atomic E-state index is 11.9.